The van der Waals surface area contributed by atoms with E-state index in [2.05, 4.69) is 5.32 Å². The molecule has 3 unspecified atom stereocenters. The molecule has 2 amide bonds. The number of aliphatic hydroxyl groups excluding tert-OH is 1. The molecule has 18 heavy (non-hydrogen) atoms. The van der Waals surface area contributed by atoms with Gasteiger partial charge in [-0.1, -0.05) is 6.92 Å². The van der Waals surface area contributed by atoms with E-state index in [9.17, 15) is 9.59 Å². The Morgan fingerprint density at radius 1 is 1.61 bits per heavy atom. The summed E-state index contributed by atoms with van der Waals surface area (Å²) in [5.74, 6) is 0.148. The van der Waals surface area contributed by atoms with Crippen molar-refractivity contribution in [2.24, 2.45) is 5.92 Å². The fourth-order valence-electron chi connectivity index (χ4n) is 2.11. The van der Waals surface area contributed by atoms with Crippen LogP contribution in [-0.2, 0) is 9.53 Å². The van der Waals surface area contributed by atoms with Crippen LogP contribution in [0.15, 0.2) is 12.3 Å². The lowest BCUT2D eigenvalue weighted by Gasteiger charge is -2.27. The number of hydrogen-bond donors (Lipinski definition) is 2. The number of aliphatic hydroxyl groups is 1. The van der Waals surface area contributed by atoms with E-state index in [1.165, 1.54) is 24.2 Å². The van der Waals surface area contributed by atoms with E-state index in [4.69, 9.17) is 9.84 Å². The summed E-state index contributed by atoms with van der Waals surface area (Å²) in [6.07, 6.45) is 4.16. The van der Waals surface area contributed by atoms with Crippen molar-refractivity contribution in [1.29, 1.82) is 0 Å². The Kier molecular flexibility index (Phi) is 5.80. The second-order valence-electron chi connectivity index (χ2n) is 4.31. The van der Waals surface area contributed by atoms with Crippen LogP contribution in [0.3, 0.4) is 0 Å². The third-order valence-electron chi connectivity index (χ3n) is 2.95. The van der Waals surface area contributed by atoms with Crippen LogP contribution in [0.25, 0.3) is 0 Å². The summed E-state index contributed by atoms with van der Waals surface area (Å²) in [6, 6.07) is -0.324. The third kappa shape index (κ3) is 3.54. The molecular formula is C12H20N2O4. The first-order valence-electron chi connectivity index (χ1n) is 6.02. The Hall–Kier alpha value is -1.40. The Morgan fingerprint density at radius 3 is 2.89 bits per heavy atom. The van der Waals surface area contributed by atoms with Crippen molar-refractivity contribution in [1.82, 2.24) is 10.2 Å². The van der Waals surface area contributed by atoms with Crippen molar-refractivity contribution >= 4 is 12.3 Å². The minimum Gasteiger partial charge on any atom is -0.396 e. The Bertz CT molecular complexity index is 319. The average molecular weight is 256 g/mol. The minimum absolute atomic E-state index is 0.0493. The average Bonchev–Trinajstić information content (AvgIpc) is 2.71. The van der Waals surface area contributed by atoms with Gasteiger partial charge < -0.3 is 15.2 Å². The number of carbonyl (C=O) groups is 2. The van der Waals surface area contributed by atoms with Crippen LogP contribution < -0.4 is 5.32 Å². The molecule has 1 heterocycles. The first-order valence-corrected chi connectivity index (χ1v) is 6.02. The first kappa shape index (κ1) is 14.7. The van der Waals surface area contributed by atoms with E-state index in [0.29, 0.717) is 12.7 Å². The van der Waals surface area contributed by atoms with Crippen molar-refractivity contribution in [3.63, 3.8) is 0 Å². The summed E-state index contributed by atoms with van der Waals surface area (Å²) in [5.41, 5.74) is 0. The maximum Gasteiger partial charge on any atom is 0.323 e. The minimum atomic E-state index is -0.405. The molecule has 0 bridgehead atoms. The van der Waals surface area contributed by atoms with E-state index in [0.717, 1.165) is 6.42 Å². The highest BCUT2D eigenvalue weighted by Gasteiger charge is 2.37. The van der Waals surface area contributed by atoms with E-state index >= 15 is 0 Å². The first-order chi connectivity index (χ1) is 8.63. The van der Waals surface area contributed by atoms with Crippen LogP contribution in [-0.4, -0.2) is 48.3 Å². The zero-order chi connectivity index (χ0) is 13.5. The topological polar surface area (TPSA) is 78.9 Å². The highest BCUT2D eigenvalue weighted by molar-refractivity contribution is 5.76. The van der Waals surface area contributed by atoms with Crippen LogP contribution in [0.2, 0.25) is 0 Å². The van der Waals surface area contributed by atoms with E-state index in [-0.39, 0.29) is 24.7 Å². The predicted octanol–water partition coefficient (Wildman–Crippen LogP) is 0.474. The summed E-state index contributed by atoms with van der Waals surface area (Å²) in [4.78, 5) is 23.5. The van der Waals surface area contributed by atoms with Crippen molar-refractivity contribution in [2.45, 2.75) is 32.1 Å². The lowest BCUT2D eigenvalue weighted by molar-refractivity contribution is -0.104. The number of rotatable bonds is 5. The molecule has 6 nitrogen and oxygen atoms in total. The summed E-state index contributed by atoms with van der Waals surface area (Å²) in [7, 11) is 1.52. The van der Waals surface area contributed by atoms with Gasteiger partial charge in [-0.3, -0.25) is 9.69 Å². The Morgan fingerprint density at radius 2 is 2.33 bits per heavy atom. The second-order valence-corrected chi connectivity index (χ2v) is 4.31. The Balaban J connectivity index is 2.76. The number of hydrogen-bond acceptors (Lipinski definition) is 4. The fraction of sp³-hybridized carbons (Fsp3) is 0.667. The summed E-state index contributed by atoms with van der Waals surface area (Å²) >= 11 is 0. The molecule has 0 aromatic rings. The summed E-state index contributed by atoms with van der Waals surface area (Å²) < 4.78 is 5.73. The molecule has 0 aromatic carbocycles. The smallest absolute Gasteiger partial charge is 0.323 e. The van der Waals surface area contributed by atoms with Gasteiger partial charge in [0.05, 0.1) is 6.10 Å². The quantitative estimate of drug-likeness (QED) is 0.554. The molecular weight excluding hydrogens is 236 g/mol. The van der Waals surface area contributed by atoms with E-state index in [1.54, 1.807) is 0 Å². The molecule has 0 radical (unpaired) electrons. The zero-order valence-corrected chi connectivity index (χ0v) is 10.7. The van der Waals surface area contributed by atoms with Crippen molar-refractivity contribution in [3.8, 4) is 0 Å². The monoisotopic (exact) mass is 256 g/mol. The molecule has 0 saturated carbocycles. The van der Waals surface area contributed by atoms with Gasteiger partial charge >= 0.3 is 6.03 Å². The predicted molar refractivity (Wildman–Crippen MR) is 65.6 cm³/mol. The number of amides is 2. The third-order valence-corrected chi connectivity index (χ3v) is 2.95. The number of urea groups is 1. The molecule has 1 fully saturated rings. The fourth-order valence-corrected chi connectivity index (χ4v) is 2.11. The maximum atomic E-state index is 11.7. The highest BCUT2D eigenvalue weighted by Crippen LogP contribution is 2.30. The second kappa shape index (κ2) is 7.13. The van der Waals surface area contributed by atoms with Crippen molar-refractivity contribution < 1.29 is 19.4 Å². The number of nitrogens with zero attached hydrogens (tertiary/aromatic N) is 1. The molecule has 6 heteroatoms. The lowest BCUT2D eigenvalue weighted by atomic mass is 10.0. The van der Waals surface area contributed by atoms with Gasteiger partial charge in [0.2, 0.25) is 0 Å². The largest absolute Gasteiger partial charge is 0.396 e. The lowest BCUT2D eigenvalue weighted by Crippen LogP contribution is -2.43. The van der Waals surface area contributed by atoms with Crippen molar-refractivity contribution in [2.75, 3.05) is 13.7 Å². The highest BCUT2D eigenvalue weighted by atomic mass is 16.5. The molecule has 1 saturated heterocycles. The summed E-state index contributed by atoms with van der Waals surface area (Å²) in [5, 5.41) is 11.4. The van der Waals surface area contributed by atoms with Gasteiger partial charge in [0, 0.05) is 25.8 Å². The van der Waals surface area contributed by atoms with Crippen LogP contribution in [0, 0.1) is 5.92 Å². The van der Waals surface area contributed by atoms with Crippen LogP contribution in [0.4, 0.5) is 4.79 Å². The van der Waals surface area contributed by atoms with E-state index in [1.807, 2.05) is 6.92 Å². The van der Waals surface area contributed by atoms with Crippen LogP contribution in [0.1, 0.15) is 19.8 Å². The van der Waals surface area contributed by atoms with Gasteiger partial charge in [-0.05, 0) is 18.9 Å². The molecule has 0 aliphatic carbocycles. The molecule has 102 valence electrons. The molecule has 1 aliphatic rings. The normalized spacial score (nSPS) is 27.4. The van der Waals surface area contributed by atoms with Gasteiger partial charge in [0.15, 0.2) is 0 Å². The standard InChI is InChI=1S/C12H20N2O4/c1-9-8-10(4-7-16)18-11(9)14(5-3-6-15)12(17)13-2/h3,5-6,9-11,16H,4,7-8H2,1-2H3,(H,13,17)/b5-3-. The van der Waals surface area contributed by atoms with Crippen LogP contribution in [0.5, 0.6) is 0 Å². The van der Waals surface area contributed by atoms with Gasteiger partial charge in [0.1, 0.15) is 12.5 Å². The van der Waals surface area contributed by atoms with Gasteiger partial charge in [-0.2, -0.15) is 0 Å². The molecule has 3 atom stereocenters. The SMILES string of the molecule is CNC(=O)N(/C=C\C=O)C1OC(CCO)CC1C. The number of aldehydes is 1. The molecule has 1 aliphatic heterocycles. The van der Waals surface area contributed by atoms with Crippen LogP contribution >= 0.6 is 0 Å². The number of carbonyl (C=O) groups excluding carboxylic acids is 2. The maximum absolute atomic E-state index is 11.7. The van der Waals surface area contributed by atoms with Crippen molar-refractivity contribution in [3.05, 3.63) is 12.3 Å². The number of allylic oxidation sites excluding steroid dienone is 1. The van der Waals surface area contributed by atoms with Gasteiger partial charge in [0.25, 0.3) is 0 Å². The molecule has 1 rings (SSSR count). The zero-order valence-electron chi connectivity index (χ0n) is 10.7. The Labute approximate surface area is 107 Å². The molecule has 2 N–H and O–H groups in total. The van der Waals surface area contributed by atoms with Gasteiger partial charge in [-0.25, -0.2) is 4.79 Å². The molecule has 0 aromatic heterocycles. The summed E-state index contributed by atoms with van der Waals surface area (Å²) in [6.45, 7) is 2.04. The number of ether oxygens (including phenoxy) is 1. The van der Waals surface area contributed by atoms with E-state index < -0.39 is 6.23 Å². The van der Waals surface area contributed by atoms with Gasteiger partial charge in [-0.15, -0.1) is 0 Å². The molecule has 0 spiro atoms. The number of nitrogens with one attached hydrogen (secondary N) is 1.